The second kappa shape index (κ2) is 6.16. The van der Waals surface area contributed by atoms with Crippen LogP contribution < -0.4 is 15.2 Å². The molecule has 1 aromatic rings. The van der Waals surface area contributed by atoms with Crippen molar-refractivity contribution >= 4 is 32.0 Å². The van der Waals surface area contributed by atoms with Crippen molar-refractivity contribution in [3.63, 3.8) is 0 Å². The fourth-order valence-electron chi connectivity index (χ4n) is 1.83. The van der Waals surface area contributed by atoms with Crippen LogP contribution in [0.25, 0.3) is 0 Å². The maximum absolute atomic E-state index is 13.7. The van der Waals surface area contributed by atoms with Gasteiger partial charge in [0.1, 0.15) is 23.1 Å². The molecule has 2 rings (SSSR count). The zero-order valence-corrected chi connectivity index (χ0v) is 13.2. The molecular formula is C11H13BrFN3O4S. The van der Waals surface area contributed by atoms with Gasteiger partial charge in [-0.2, -0.15) is 0 Å². The first kappa shape index (κ1) is 16.0. The van der Waals surface area contributed by atoms with E-state index in [0.717, 1.165) is 12.1 Å². The predicted octanol–water partition coefficient (Wildman–Crippen LogP) is 0.640. The Hall–Kier alpha value is -1.39. The van der Waals surface area contributed by atoms with Crippen molar-refractivity contribution in [2.24, 2.45) is 5.14 Å². The number of carbonyl (C=O) groups excluding carboxylic acids is 1. The molecule has 0 unspecified atom stereocenters. The molecule has 3 N–H and O–H groups in total. The number of ether oxygens (including phenoxy) is 1. The highest BCUT2D eigenvalue weighted by atomic mass is 79.9. The number of carbonyl (C=O) groups is 1. The molecule has 0 radical (unpaired) electrons. The van der Waals surface area contributed by atoms with Crippen LogP contribution in [0.3, 0.4) is 0 Å². The lowest BCUT2D eigenvalue weighted by atomic mass is 10.3. The van der Waals surface area contributed by atoms with E-state index in [1.54, 1.807) is 4.90 Å². The van der Waals surface area contributed by atoms with Gasteiger partial charge in [-0.3, -0.25) is 0 Å². The Morgan fingerprint density at radius 3 is 2.76 bits per heavy atom. The summed E-state index contributed by atoms with van der Waals surface area (Å²) in [6, 6.07) is 1.81. The first-order valence-electron chi connectivity index (χ1n) is 5.96. The minimum absolute atomic E-state index is 0.138. The number of nitrogens with zero attached hydrogens (tertiary/aromatic N) is 1. The van der Waals surface area contributed by atoms with Gasteiger partial charge in [0, 0.05) is 19.2 Å². The molecule has 0 saturated carbocycles. The minimum atomic E-state index is -4.14. The van der Waals surface area contributed by atoms with E-state index >= 15 is 0 Å². The van der Waals surface area contributed by atoms with Crippen molar-refractivity contribution in [1.29, 1.82) is 0 Å². The van der Waals surface area contributed by atoms with E-state index in [4.69, 9.17) is 9.88 Å². The number of urea groups is 1. The molecule has 1 fully saturated rings. The van der Waals surface area contributed by atoms with Gasteiger partial charge in [0.2, 0.25) is 10.0 Å². The fourth-order valence-corrected chi connectivity index (χ4v) is 3.05. The molecule has 0 aliphatic carbocycles. The van der Waals surface area contributed by atoms with Crippen LogP contribution in [0.15, 0.2) is 21.5 Å². The monoisotopic (exact) mass is 381 g/mol. The average Bonchev–Trinajstić information content (AvgIpc) is 2.77. The Balaban J connectivity index is 2.04. The summed E-state index contributed by atoms with van der Waals surface area (Å²) in [7, 11) is -4.14. The van der Waals surface area contributed by atoms with Crippen molar-refractivity contribution in [3.05, 3.63) is 22.4 Å². The number of nitrogens with one attached hydrogen (secondary N) is 1. The van der Waals surface area contributed by atoms with Crippen molar-refractivity contribution in [2.45, 2.75) is 4.90 Å². The zero-order valence-electron chi connectivity index (χ0n) is 10.8. The highest BCUT2D eigenvalue weighted by Crippen LogP contribution is 2.29. The molecule has 21 heavy (non-hydrogen) atoms. The molecule has 0 spiro atoms. The topological polar surface area (TPSA) is 102 Å². The molecule has 1 aliphatic rings. The van der Waals surface area contributed by atoms with Crippen molar-refractivity contribution in [2.75, 3.05) is 26.2 Å². The van der Waals surface area contributed by atoms with Gasteiger partial charge in [-0.25, -0.2) is 22.7 Å². The average molecular weight is 382 g/mol. The maximum atomic E-state index is 13.7. The lowest BCUT2D eigenvalue weighted by Crippen LogP contribution is -2.31. The largest absolute Gasteiger partial charge is 0.490 e. The summed E-state index contributed by atoms with van der Waals surface area (Å²) in [6.07, 6.45) is 0. The molecule has 7 nitrogen and oxygen atoms in total. The van der Waals surface area contributed by atoms with Crippen LogP contribution in [0.5, 0.6) is 5.75 Å². The second-order valence-electron chi connectivity index (χ2n) is 4.33. The van der Waals surface area contributed by atoms with E-state index in [1.807, 2.05) is 0 Å². The van der Waals surface area contributed by atoms with Gasteiger partial charge in [-0.05, 0) is 22.0 Å². The van der Waals surface area contributed by atoms with Crippen molar-refractivity contribution < 1.29 is 22.3 Å². The van der Waals surface area contributed by atoms with Crippen LogP contribution in [-0.4, -0.2) is 45.6 Å². The Labute approximate surface area is 129 Å². The van der Waals surface area contributed by atoms with E-state index in [0.29, 0.717) is 19.6 Å². The van der Waals surface area contributed by atoms with Crippen molar-refractivity contribution in [1.82, 2.24) is 10.2 Å². The number of halogens is 2. The summed E-state index contributed by atoms with van der Waals surface area (Å²) < 4.78 is 41.6. The van der Waals surface area contributed by atoms with Crippen molar-refractivity contribution in [3.8, 4) is 5.75 Å². The molecule has 10 heteroatoms. The van der Waals surface area contributed by atoms with E-state index in [2.05, 4.69) is 21.2 Å². The molecule has 0 bridgehead atoms. The Bertz CT molecular complexity index is 668. The number of primary sulfonamides is 1. The highest BCUT2D eigenvalue weighted by Gasteiger charge is 2.20. The molecule has 1 heterocycles. The second-order valence-corrected chi connectivity index (χ2v) is 6.71. The molecule has 1 aliphatic heterocycles. The van der Waals surface area contributed by atoms with Crippen LogP contribution in [0.1, 0.15) is 0 Å². The van der Waals surface area contributed by atoms with Crippen LogP contribution in [0.2, 0.25) is 0 Å². The third-order valence-corrected chi connectivity index (χ3v) is 4.40. The summed E-state index contributed by atoms with van der Waals surface area (Å²) >= 11 is 3.09. The van der Waals surface area contributed by atoms with E-state index in [-0.39, 0.29) is 22.9 Å². The molecule has 1 aromatic carbocycles. The van der Waals surface area contributed by atoms with Gasteiger partial charge in [0.05, 0.1) is 11.0 Å². The summed E-state index contributed by atoms with van der Waals surface area (Å²) in [5, 5.41) is 7.54. The van der Waals surface area contributed by atoms with Gasteiger partial charge in [0.25, 0.3) is 0 Å². The van der Waals surface area contributed by atoms with E-state index in [1.165, 1.54) is 0 Å². The first-order valence-corrected chi connectivity index (χ1v) is 8.30. The summed E-state index contributed by atoms with van der Waals surface area (Å²) in [5.74, 6) is -0.853. The predicted molar refractivity (Wildman–Crippen MR) is 75.9 cm³/mol. The lowest BCUT2D eigenvalue weighted by Gasteiger charge is -2.15. The zero-order chi connectivity index (χ0) is 15.6. The molecule has 1 saturated heterocycles. The smallest absolute Gasteiger partial charge is 0.317 e. The number of benzene rings is 1. The highest BCUT2D eigenvalue weighted by molar-refractivity contribution is 9.10. The summed E-state index contributed by atoms with van der Waals surface area (Å²) in [4.78, 5) is 12.3. The van der Waals surface area contributed by atoms with Crippen LogP contribution in [0.4, 0.5) is 9.18 Å². The SMILES string of the molecule is NS(=O)(=O)c1cc(Br)c(OCCN2CCNC2=O)cc1F. The number of amides is 2. The summed E-state index contributed by atoms with van der Waals surface area (Å²) in [5.41, 5.74) is 0. The molecule has 116 valence electrons. The van der Waals surface area contributed by atoms with Gasteiger partial charge >= 0.3 is 6.03 Å². The lowest BCUT2D eigenvalue weighted by molar-refractivity contribution is 0.202. The number of sulfonamides is 1. The quantitative estimate of drug-likeness (QED) is 0.780. The Morgan fingerprint density at radius 2 is 2.19 bits per heavy atom. The van der Waals surface area contributed by atoms with Crippen LogP contribution >= 0.6 is 15.9 Å². The normalized spacial score (nSPS) is 15.2. The van der Waals surface area contributed by atoms with Gasteiger partial charge in [-0.1, -0.05) is 0 Å². The molecule has 0 atom stereocenters. The minimum Gasteiger partial charge on any atom is -0.490 e. The number of hydrogen-bond acceptors (Lipinski definition) is 4. The Morgan fingerprint density at radius 1 is 1.48 bits per heavy atom. The third-order valence-electron chi connectivity index (χ3n) is 2.86. The fraction of sp³-hybridized carbons (Fsp3) is 0.364. The van der Waals surface area contributed by atoms with Gasteiger partial charge in [0.15, 0.2) is 0 Å². The first-order chi connectivity index (χ1) is 9.79. The molecular weight excluding hydrogens is 369 g/mol. The van der Waals surface area contributed by atoms with Crippen LogP contribution in [0, 0.1) is 5.82 Å². The molecule has 2 amide bonds. The molecule has 0 aromatic heterocycles. The third kappa shape index (κ3) is 3.83. The number of rotatable bonds is 5. The van der Waals surface area contributed by atoms with Crippen LogP contribution in [-0.2, 0) is 10.0 Å². The van der Waals surface area contributed by atoms with E-state index in [9.17, 15) is 17.6 Å². The standard InChI is InChI=1S/C11H13BrFN3O4S/c12-7-5-10(21(14,18)19)8(13)6-9(7)20-4-3-16-2-1-15-11(16)17/h5-6H,1-4H2,(H,15,17)(H2,14,18,19). The Kier molecular flexibility index (Phi) is 4.69. The maximum Gasteiger partial charge on any atom is 0.317 e. The summed E-state index contributed by atoms with van der Waals surface area (Å²) in [6.45, 7) is 1.67. The van der Waals surface area contributed by atoms with Gasteiger partial charge < -0.3 is 15.0 Å². The van der Waals surface area contributed by atoms with E-state index < -0.39 is 20.7 Å². The van der Waals surface area contributed by atoms with Gasteiger partial charge in [-0.15, -0.1) is 0 Å². The number of hydrogen-bond donors (Lipinski definition) is 2. The number of nitrogens with two attached hydrogens (primary N) is 1.